The molecule has 4 heteroatoms. The molecule has 0 aliphatic heterocycles. The van der Waals surface area contributed by atoms with Crippen molar-refractivity contribution in [1.29, 1.82) is 0 Å². The molecule has 1 fully saturated rings. The fourth-order valence-electron chi connectivity index (χ4n) is 1.81. The third kappa shape index (κ3) is 2.52. The first-order valence-corrected chi connectivity index (χ1v) is 4.94. The van der Waals surface area contributed by atoms with Crippen molar-refractivity contribution in [2.45, 2.75) is 44.7 Å². The van der Waals surface area contributed by atoms with Gasteiger partial charge in [0.25, 0.3) is 0 Å². The second-order valence-electron chi connectivity index (χ2n) is 3.56. The van der Waals surface area contributed by atoms with Crippen LogP contribution in [0.15, 0.2) is 10.9 Å². The van der Waals surface area contributed by atoms with Crippen LogP contribution in [0.4, 0.5) is 0 Å². The van der Waals surface area contributed by atoms with Crippen LogP contribution in [0.25, 0.3) is 0 Å². The second kappa shape index (κ2) is 4.37. The van der Waals surface area contributed by atoms with Gasteiger partial charge in [0.05, 0.1) is 6.54 Å². The normalized spacial score (nSPS) is 19.1. The molecule has 0 amide bonds. The molecule has 1 aromatic heterocycles. The molecule has 1 aromatic rings. The molecule has 0 unspecified atom stereocenters. The Balaban J connectivity index is 1.72. The maximum Gasteiger partial charge on any atom is 0.213 e. The quantitative estimate of drug-likeness (QED) is 0.767. The van der Waals surface area contributed by atoms with Gasteiger partial charge in [-0.1, -0.05) is 24.4 Å². The Morgan fingerprint density at radius 2 is 2.23 bits per heavy atom. The van der Waals surface area contributed by atoms with E-state index in [-0.39, 0.29) is 0 Å². The topological polar surface area (TPSA) is 51.0 Å². The monoisotopic (exact) mass is 181 g/mol. The fourth-order valence-corrected chi connectivity index (χ4v) is 1.81. The number of hydrogen-bond acceptors (Lipinski definition) is 4. The number of nitrogens with one attached hydrogen (secondary N) is 1. The highest BCUT2D eigenvalue weighted by Crippen LogP contribution is 2.17. The average molecular weight is 181 g/mol. The first kappa shape index (κ1) is 8.69. The van der Waals surface area contributed by atoms with Gasteiger partial charge in [-0.3, -0.25) is 0 Å². The molecule has 2 rings (SSSR count). The van der Waals surface area contributed by atoms with E-state index in [1.54, 1.807) is 0 Å². The van der Waals surface area contributed by atoms with Gasteiger partial charge in [-0.15, -0.1) is 0 Å². The van der Waals surface area contributed by atoms with Crippen molar-refractivity contribution in [3.63, 3.8) is 0 Å². The van der Waals surface area contributed by atoms with Gasteiger partial charge in [-0.25, -0.2) is 0 Å². The molecule has 0 saturated heterocycles. The Kier molecular flexibility index (Phi) is 2.92. The SMILES string of the molecule is c1nc(CNC2CCCCC2)no1. The van der Waals surface area contributed by atoms with Crippen molar-refractivity contribution in [3.8, 4) is 0 Å². The van der Waals surface area contributed by atoms with Gasteiger partial charge in [0.2, 0.25) is 6.39 Å². The van der Waals surface area contributed by atoms with Gasteiger partial charge >= 0.3 is 0 Å². The van der Waals surface area contributed by atoms with Crippen LogP contribution in [0.2, 0.25) is 0 Å². The molecule has 1 N–H and O–H groups in total. The minimum absolute atomic E-state index is 0.659. The summed E-state index contributed by atoms with van der Waals surface area (Å²) in [6.45, 7) is 0.737. The van der Waals surface area contributed by atoms with Gasteiger partial charge < -0.3 is 9.84 Å². The number of hydrogen-bond donors (Lipinski definition) is 1. The van der Waals surface area contributed by atoms with Crippen LogP contribution in [0.5, 0.6) is 0 Å². The maximum absolute atomic E-state index is 4.65. The van der Waals surface area contributed by atoms with Crippen molar-refractivity contribution in [2.24, 2.45) is 0 Å². The predicted molar refractivity (Wildman–Crippen MR) is 48.0 cm³/mol. The molecular weight excluding hydrogens is 166 g/mol. The molecule has 0 bridgehead atoms. The summed E-state index contributed by atoms with van der Waals surface area (Å²) < 4.78 is 4.65. The van der Waals surface area contributed by atoms with E-state index >= 15 is 0 Å². The Morgan fingerprint density at radius 1 is 1.38 bits per heavy atom. The highest BCUT2D eigenvalue weighted by molar-refractivity contribution is 4.80. The minimum Gasteiger partial charge on any atom is -0.343 e. The van der Waals surface area contributed by atoms with Crippen molar-refractivity contribution in [3.05, 3.63) is 12.2 Å². The molecule has 72 valence electrons. The van der Waals surface area contributed by atoms with E-state index in [0.29, 0.717) is 6.04 Å². The fraction of sp³-hybridized carbons (Fsp3) is 0.778. The smallest absolute Gasteiger partial charge is 0.213 e. The molecule has 1 aliphatic rings. The molecule has 0 atom stereocenters. The zero-order valence-corrected chi connectivity index (χ0v) is 7.70. The molecule has 1 saturated carbocycles. The van der Waals surface area contributed by atoms with Crippen LogP contribution in [-0.2, 0) is 6.54 Å². The second-order valence-corrected chi connectivity index (χ2v) is 3.56. The summed E-state index contributed by atoms with van der Waals surface area (Å²) in [5, 5.41) is 7.19. The maximum atomic E-state index is 4.65. The Morgan fingerprint density at radius 3 is 2.92 bits per heavy atom. The highest BCUT2D eigenvalue weighted by Gasteiger charge is 2.12. The summed E-state index contributed by atoms with van der Waals surface area (Å²) in [4.78, 5) is 3.96. The first-order chi connectivity index (χ1) is 6.45. The standard InChI is InChI=1S/C9H15N3O/c1-2-4-8(5-3-1)10-6-9-11-7-13-12-9/h7-8,10H,1-6H2. The summed E-state index contributed by atoms with van der Waals surface area (Å²) in [7, 11) is 0. The van der Waals surface area contributed by atoms with Gasteiger partial charge in [0.15, 0.2) is 5.82 Å². The molecule has 1 heterocycles. The molecule has 4 nitrogen and oxygen atoms in total. The van der Waals surface area contributed by atoms with E-state index in [4.69, 9.17) is 0 Å². The number of nitrogens with zero attached hydrogens (tertiary/aromatic N) is 2. The van der Waals surface area contributed by atoms with E-state index in [1.807, 2.05) is 0 Å². The van der Waals surface area contributed by atoms with Gasteiger partial charge in [0.1, 0.15) is 0 Å². The molecule has 1 aliphatic carbocycles. The lowest BCUT2D eigenvalue weighted by Gasteiger charge is -2.21. The molecule has 13 heavy (non-hydrogen) atoms. The molecule has 0 radical (unpaired) electrons. The summed E-state index contributed by atoms with van der Waals surface area (Å²) in [5.41, 5.74) is 0. The Hall–Kier alpha value is -0.900. The van der Waals surface area contributed by atoms with Crippen LogP contribution in [0.3, 0.4) is 0 Å². The van der Waals surface area contributed by atoms with E-state index in [9.17, 15) is 0 Å². The molecular formula is C9H15N3O. The van der Waals surface area contributed by atoms with E-state index in [2.05, 4.69) is 20.0 Å². The zero-order chi connectivity index (χ0) is 8.93. The minimum atomic E-state index is 0.659. The third-order valence-electron chi connectivity index (χ3n) is 2.56. The average Bonchev–Trinajstić information content (AvgIpc) is 2.69. The zero-order valence-electron chi connectivity index (χ0n) is 7.70. The third-order valence-corrected chi connectivity index (χ3v) is 2.56. The van der Waals surface area contributed by atoms with Gasteiger partial charge in [-0.05, 0) is 12.8 Å². The summed E-state index contributed by atoms with van der Waals surface area (Å²) in [5.74, 6) is 0.755. The van der Waals surface area contributed by atoms with E-state index in [0.717, 1.165) is 12.4 Å². The summed E-state index contributed by atoms with van der Waals surface area (Å²) in [6, 6.07) is 0.659. The van der Waals surface area contributed by atoms with Crippen LogP contribution in [0.1, 0.15) is 37.9 Å². The van der Waals surface area contributed by atoms with Gasteiger partial charge in [0, 0.05) is 6.04 Å². The lowest BCUT2D eigenvalue weighted by atomic mass is 9.95. The van der Waals surface area contributed by atoms with Crippen molar-refractivity contribution >= 4 is 0 Å². The summed E-state index contributed by atoms with van der Waals surface area (Å²) >= 11 is 0. The number of rotatable bonds is 3. The van der Waals surface area contributed by atoms with E-state index in [1.165, 1.54) is 38.5 Å². The Labute approximate surface area is 77.7 Å². The largest absolute Gasteiger partial charge is 0.343 e. The highest BCUT2D eigenvalue weighted by atomic mass is 16.5. The summed E-state index contributed by atoms with van der Waals surface area (Å²) in [6.07, 6.45) is 8.04. The van der Waals surface area contributed by atoms with Crippen LogP contribution in [-0.4, -0.2) is 16.2 Å². The van der Waals surface area contributed by atoms with Crippen molar-refractivity contribution in [1.82, 2.24) is 15.5 Å². The van der Waals surface area contributed by atoms with E-state index < -0.39 is 0 Å². The van der Waals surface area contributed by atoms with Crippen molar-refractivity contribution in [2.75, 3.05) is 0 Å². The molecule has 0 spiro atoms. The van der Waals surface area contributed by atoms with Crippen LogP contribution in [0, 0.1) is 0 Å². The lowest BCUT2D eigenvalue weighted by molar-refractivity contribution is 0.361. The van der Waals surface area contributed by atoms with Crippen LogP contribution < -0.4 is 5.32 Å². The Bertz CT molecular complexity index is 229. The van der Waals surface area contributed by atoms with Crippen LogP contribution >= 0.6 is 0 Å². The predicted octanol–water partition coefficient (Wildman–Crippen LogP) is 1.49. The lowest BCUT2D eigenvalue weighted by Crippen LogP contribution is -2.30. The van der Waals surface area contributed by atoms with Gasteiger partial charge in [-0.2, -0.15) is 4.98 Å². The van der Waals surface area contributed by atoms with Crippen molar-refractivity contribution < 1.29 is 4.52 Å². The number of aromatic nitrogens is 2. The molecule has 0 aromatic carbocycles. The first-order valence-electron chi connectivity index (χ1n) is 4.94.